The van der Waals surface area contributed by atoms with Crippen LogP contribution in [0.25, 0.3) is 0 Å². The number of unbranched alkanes of at least 4 members (excludes halogenated alkanes) is 2. The molecule has 0 fully saturated rings. The van der Waals surface area contributed by atoms with Crippen LogP contribution in [0.3, 0.4) is 0 Å². The lowest BCUT2D eigenvalue weighted by atomic mass is 10.1. The van der Waals surface area contributed by atoms with Crippen LogP contribution in [0, 0.1) is 11.8 Å². The molecule has 0 bridgehead atoms. The predicted molar refractivity (Wildman–Crippen MR) is 85.5 cm³/mol. The van der Waals surface area contributed by atoms with Crippen molar-refractivity contribution in [2.75, 3.05) is 19.7 Å². The Labute approximate surface area is 123 Å². The van der Waals surface area contributed by atoms with E-state index in [2.05, 4.69) is 42.7 Å². The van der Waals surface area contributed by atoms with Crippen LogP contribution in [0.4, 0.5) is 0 Å². The first-order valence-electron chi connectivity index (χ1n) is 7.71. The molecule has 0 amide bonds. The van der Waals surface area contributed by atoms with Gasteiger partial charge in [0.15, 0.2) is 0 Å². The van der Waals surface area contributed by atoms with E-state index in [0.717, 1.165) is 12.1 Å². The number of aliphatic hydroxyl groups excluding tert-OH is 1. The number of rotatable bonds is 8. The van der Waals surface area contributed by atoms with Crippen molar-refractivity contribution in [2.45, 2.75) is 46.1 Å². The fourth-order valence-electron chi connectivity index (χ4n) is 2.13. The van der Waals surface area contributed by atoms with E-state index in [1.54, 1.807) is 0 Å². The molecule has 1 N–H and O–H groups in total. The lowest BCUT2D eigenvalue weighted by Gasteiger charge is -2.22. The Morgan fingerprint density at radius 2 is 1.60 bits per heavy atom. The molecule has 0 aliphatic carbocycles. The minimum atomic E-state index is -0.0798. The van der Waals surface area contributed by atoms with Crippen molar-refractivity contribution in [1.29, 1.82) is 0 Å². The molecule has 0 aliphatic heterocycles. The first kappa shape index (κ1) is 16.8. The summed E-state index contributed by atoms with van der Waals surface area (Å²) in [6.45, 7) is 7.79. The second-order valence-corrected chi connectivity index (χ2v) is 5.14. The maximum atomic E-state index is 8.69. The quantitative estimate of drug-likeness (QED) is 0.734. The monoisotopic (exact) mass is 273 g/mol. The SMILES string of the molecule is CCCCN(CCCC)Cc1ccc(C#CCO)cc1. The summed E-state index contributed by atoms with van der Waals surface area (Å²) >= 11 is 0. The zero-order chi connectivity index (χ0) is 14.6. The van der Waals surface area contributed by atoms with Crippen molar-refractivity contribution in [1.82, 2.24) is 4.90 Å². The molecule has 110 valence electrons. The van der Waals surface area contributed by atoms with E-state index < -0.39 is 0 Å². The second-order valence-electron chi connectivity index (χ2n) is 5.14. The van der Waals surface area contributed by atoms with Crippen LogP contribution in [0.5, 0.6) is 0 Å². The lowest BCUT2D eigenvalue weighted by molar-refractivity contribution is 0.257. The third-order valence-electron chi connectivity index (χ3n) is 3.33. The number of nitrogens with zero attached hydrogens (tertiary/aromatic N) is 1. The van der Waals surface area contributed by atoms with Gasteiger partial charge in [0.05, 0.1) is 0 Å². The zero-order valence-electron chi connectivity index (χ0n) is 12.9. The molecule has 0 aliphatic rings. The minimum absolute atomic E-state index is 0.0798. The number of benzene rings is 1. The van der Waals surface area contributed by atoms with E-state index in [1.807, 2.05) is 12.1 Å². The zero-order valence-corrected chi connectivity index (χ0v) is 12.9. The average molecular weight is 273 g/mol. The molecular weight excluding hydrogens is 246 g/mol. The van der Waals surface area contributed by atoms with Crippen LogP contribution in [0.1, 0.15) is 50.7 Å². The summed E-state index contributed by atoms with van der Waals surface area (Å²) in [4.78, 5) is 2.54. The highest BCUT2D eigenvalue weighted by Crippen LogP contribution is 2.09. The summed E-state index contributed by atoms with van der Waals surface area (Å²) in [5, 5.41) is 8.69. The van der Waals surface area contributed by atoms with Crippen molar-refractivity contribution >= 4 is 0 Å². The Kier molecular flexibility index (Phi) is 8.78. The molecule has 0 aromatic heterocycles. The minimum Gasteiger partial charge on any atom is -0.384 e. The summed E-state index contributed by atoms with van der Waals surface area (Å²) in [7, 11) is 0. The van der Waals surface area contributed by atoms with E-state index in [-0.39, 0.29) is 6.61 Å². The van der Waals surface area contributed by atoms with Crippen molar-refractivity contribution in [3.63, 3.8) is 0 Å². The van der Waals surface area contributed by atoms with Gasteiger partial charge >= 0.3 is 0 Å². The lowest BCUT2D eigenvalue weighted by Crippen LogP contribution is -2.25. The maximum absolute atomic E-state index is 8.69. The van der Waals surface area contributed by atoms with Gasteiger partial charge in [0.25, 0.3) is 0 Å². The van der Waals surface area contributed by atoms with Crippen LogP contribution in [-0.2, 0) is 6.54 Å². The van der Waals surface area contributed by atoms with Crippen LogP contribution < -0.4 is 0 Å². The molecule has 1 aromatic carbocycles. The van der Waals surface area contributed by atoms with Crippen molar-refractivity contribution in [2.24, 2.45) is 0 Å². The summed E-state index contributed by atoms with van der Waals surface area (Å²) < 4.78 is 0. The van der Waals surface area contributed by atoms with Gasteiger partial charge in [0.2, 0.25) is 0 Å². The summed E-state index contributed by atoms with van der Waals surface area (Å²) in [6.07, 6.45) is 5.03. The standard InChI is InChI=1S/C18H27NO/c1-3-5-13-19(14-6-4-2)16-18-11-9-17(10-12-18)8-7-15-20/h9-12,20H,3-6,13-16H2,1-2H3. The van der Waals surface area contributed by atoms with E-state index >= 15 is 0 Å². The molecule has 0 atom stereocenters. The van der Waals surface area contributed by atoms with Crippen LogP contribution >= 0.6 is 0 Å². The Balaban J connectivity index is 2.57. The van der Waals surface area contributed by atoms with E-state index in [9.17, 15) is 0 Å². The number of hydrogen-bond acceptors (Lipinski definition) is 2. The molecule has 2 heteroatoms. The molecule has 2 nitrogen and oxygen atoms in total. The molecular formula is C18H27NO. The largest absolute Gasteiger partial charge is 0.384 e. The highest BCUT2D eigenvalue weighted by Gasteiger charge is 2.05. The van der Waals surface area contributed by atoms with Gasteiger partial charge in [-0.2, -0.15) is 0 Å². The van der Waals surface area contributed by atoms with Gasteiger partial charge < -0.3 is 5.11 Å². The molecule has 0 heterocycles. The summed E-state index contributed by atoms with van der Waals surface area (Å²) in [6, 6.07) is 8.37. The first-order chi connectivity index (χ1) is 9.80. The van der Waals surface area contributed by atoms with Gasteiger partial charge in [-0.1, -0.05) is 50.7 Å². The van der Waals surface area contributed by atoms with Crippen LogP contribution in [0.15, 0.2) is 24.3 Å². The third-order valence-corrected chi connectivity index (χ3v) is 3.33. The van der Waals surface area contributed by atoms with E-state index in [4.69, 9.17) is 5.11 Å². The molecule has 0 radical (unpaired) electrons. The van der Waals surface area contributed by atoms with Gasteiger partial charge in [-0.15, -0.1) is 0 Å². The molecule has 0 saturated carbocycles. The fraction of sp³-hybridized carbons (Fsp3) is 0.556. The second kappa shape index (κ2) is 10.5. The molecule has 20 heavy (non-hydrogen) atoms. The maximum Gasteiger partial charge on any atom is 0.104 e. The molecule has 0 unspecified atom stereocenters. The average Bonchev–Trinajstić information content (AvgIpc) is 2.49. The molecule has 0 spiro atoms. The summed E-state index contributed by atoms with van der Waals surface area (Å²) in [5.74, 6) is 5.61. The number of hydrogen-bond donors (Lipinski definition) is 1. The van der Waals surface area contributed by atoms with E-state index in [0.29, 0.717) is 0 Å². The molecule has 1 aromatic rings. The highest BCUT2D eigenvalue weighted by molar-refractivity contribution is 5.36. The van der Waals surface area contributed by atoms with Crippen molar-refractivity contribution < 1.29 is 5.11 Å². The van der Waals surface area contributed by atoms with Crippen molar-refractivity contribution in [3.05, 3.63) is 35.4 Å². The molecule has 0 saturated heterocycles. The number of aliphatic hydroxyl groups is 1. The fourth-order valence-corrected chi connectivity index (χ4v) is 2.13. The van der Waals surface area contributed by atoms with Crippen LogP contribution in [0.2, 0.25) is 0 Å². The van der Waals surface area contributed by atoms with E-state index in [1.165, 1.54) is 44.3 Å². The Hall–Kier alpha value is -1.30. The summed E-state index contributed by atoms with van der Waals surface area (Å²) in [5.41, 5.74) is 2.31. The first-order valence-corrected chi connectivity index (χ1v) is 7.71. The Morgan fingerprint density at radius 1 is 1.00 bits per heavy atom. The predicted octanol–water partition coefficient (Wildman–Crippen LogP) is 3.43. The van der Waals surface area contributed by atoms with Gasteiger partial charge in [0.1, 0.15) is 6.61 Å². The van der Waals surface area contributed by atoms with Gasteiger partial charge in [-0.25, -0.2) is 0 Å². The molecule has 1 rings (SSSR count). The van der Waals surface area contributed by atoms with Gasteiger partial charge in [-0.05, 0) is 43.6 Å². The smallest absolute Gasteiger partial charge is 0.104 e. The van der Waals surface area contributed by atoms with Gasteiger partial charge in [-0.3, -0.25) is 4.90 Å². The third kappa shape index (κ3) is 6.75. The van der Waals surface area contributed by atoms with Crippen LogP contribution in [-0.4, -0.2) is 29.7 Å². The Bertz CT molecular complexity index is 405. The highest BCUT2D eigenvalue weighted by atomic mass is 16.2. The van der Waals surface area contributed by atoms with Gasteiger partial charge in [0, 0.05) is 12.1 Å². The van der Waals surface area contributed by atoms with Crippen molar-refractivity contribution in [3.8, 4) is 11.8 Å². The topological polar surface area (TPSA) is 23.5 Å². The Morgan fingerprint density at radius 3 is 2.10 bits per heavy atom. The normalized spacial score (nSPS) is 10.4.